The molecule has 0 aromatic rings. The van der Waals surface area contributed by atoms with Crippen molar-refractivity contribution in [3.05, 3.63) is 0 Å². The van der Waals surface area contributed by atoms with Crippen LogP contribution < -0.4 is 5.32 Å². The Kier molecular flexibility index (Phi) is 5.17. The van der Waals surface area contributed by atoms with Crippen molar-refractivity contribution in [2.45, 2.75) is 70.8 Å². The number of carbonyl (C=O) groups excluding carboxylic acids is 1. The number of amides is 1. The second-order valence-electron chi connectivity index (χ2n) is 5.92. The third kappa shape index (κ3) is 5.92. The van der Waals surface area contributed by atoms with E-state index in [4.69, 9.17) is 14.6 Å². The first kappa shape index (κ1) is 15.8. The molecule has 1 heterocycles. The van der Waals surface area contributed by atoms with Crippen LogP contribution in [0.5, 0.6) is 0 Å². The van der Waals surface area contributed by atoms with Crippen molar-refractivity contribution in [3.8, 4) is 0 Å². The number of carbonyl (C=O) groups is 2. The molecule has 0 aliphatic carbocycles. The highest BCUT2D eigenvalue weighted by atomic mass is 16.6. The molecule has 6 nitrogen and oxygen atoms in total. The second-order valence-corrected chi connectivity index (χ2v) is 5.92. The van der Waals surface area contributed by atoms with E-state index in [0.29, 0.717) is 0 Å². The summed E-state index contributed by atoms with van der Waals surface area (Å²) in [6.07, 6.45) is 1.32. The molecule has 0 bridgehead atoms. The second kappa shape index (κ2) is 6.23. The molecule has 1 rings (SSSR count). The van der Waals surface area contributed by atoms with Crippen LogP contribution in [0.3, 0.4) is 0 Å². The number of nitrogens with one attached hydrogen (secondary N) is 1. The normalized spacial score (nSPS) is 24.8. The molecule has 6 heteroatoms. The van der Waals surface area contributed by atoms with E-state index >= 15 is 0 Å². The van der Waals surface area contributed by atoms with E-state index in [-0.39, 0.29) is 18.6 Å². The van der Waals surface area contributed by atoms with E-state index in [0.717, 1.165) is 12.8 Å². The van der Waals surface area contributed by atoms with Gasteiger partial charge in [-0.05, 0) is 40.5 Å². The monoisotopic (exact) mass is 273 g/mol. The summed E-state index contributed by atoms with van der Waals surface area (Å²) in [6.45, 7) is 7.13. The van der Waals surface area contributed by atoms with E-state index in [1.807, 2.05) is 6.92 Å². The van der Waals surface area contributed by atoms with Crippen LogP contribution in [0.15, 0.2) is 0 Å². The van der Waals surface area contributed by atoms with E-state index in [9.17, 15) is 9.59 Å². The smallest absolute Gasteiger partial charge is 0.408 e. The van der Waals surface area contributed by atoms with Gasteiger partial charge < -0.3 is 19.9 Å². The Labute approximate surface area is 113 Å². The molecule has 0 aromatic carbocycles. The minimum Gasteiger partial charge on any atom is -0.480 e. The van der Waals surface area contributed by atoms with Crippen LogP contribution in [0, 0.1) is 0 Å². The van der Waals surface area contributed by atoms with Gasteiger partial charge in [-0.1, -0.05) is 0 Å². The highest BCUT2D eigenvalue weighted by Crippen LogP contribution is 2.22. The SMILES string of the molecule is CC1CCC(CC(NC(=O)OC(C)(C)C)C(=O)O)O1. The lowest BCUT2D eigenvalue weighted by molar-refractivity contribution is -0.140. The molecule has 1 aliphatic rings. The maximum absolute atomic E-state index is 11.6. The highest BCUT2D eigenvalue weighted by molar-refractivity contribution is 5.80. The molecule has 1 amide bonds. The van der Waals surface area contributed by atoms with Crippen molar-refractivity contribution in [1.29, 1.82) is 0 Å². The Hall–Kier alpha value is -1.30. The summed E-state index contributed by atoms with van der Waals surface area (Å²) in [5, 5.41) is 11.5. The fraction of sp³-hybridized carbons (Fsp3) is 0.846. The molecule has 2 N–H and O–H groups in total. The van der Waals surface area contributed by atoms with Gasteiger partial charge in [-0.2, -0.15) is 0 Å². The summed E-state index contributed by atoms with van der Waals surface area (Å²) in [4.78, 5) is 22.7. The molecule has 0 aromatic heterocycles. The molecule has 0 spiro atoms. The minimum atomic E-state index is -1.07. The van der Waals surface area contributed by atoms with Gasteiger partial charge in [-0.3, -0.25) is 0 Å². The van der Waals surface area contributed by atoms with Gasteiger partial charge in [0.25, 0.3) is 0 Å². The van der Waals surface area contributed by atoms with Gasteiger partial charge in [0, 0.05) is 6.42 Å². The quantitative estimate of drug-likeness (QED) is 0.817. The number of carboxylic acid groups (broad SMARTS) is 1. The fourth-order valence-corrected chi connectivity index (χ4v) is 1.99. The predicted octanol–water partition coefficient (Wildman–Crippen LogP) is 1.92. The Morgan fingerprint density at radius 2 is 2.05 bits per heavy atom. The Bertz CT molecular complexity index is 336. The zero-order chi connectivity index (χ0) is 14.6. The van der Waals surface area contributed by atoms with Crippen molar-refractivity contribution in [2.24, 2.45) is 0 Å². The Morgan fingerprint density at radius 3 is 2.47 bits per heavy atom. The largest absolute Gasteiger partial charge is 0.480 e. The summed E-state index contributed by atoms with van der Waals surface area (Å²) >= 11 is 0. The van der Waals surface area contributed by atoms with Crippen LogP contribution in [-0.2, 0) is 14.3 Å². The van der Waals surface area contributed by atoms with Gasteiger partial charge >= 0.3 is 12.1 Å². The summed E-state index contributed by atoms with van der Waals surface area (Å²) in [5.74, 6) is -1.07. The highest BCUT2D eigenvalue weighted by Gasteiger charge is 2.30. The first-order valence-corrected chi connectivity index (χ1v) is 6.55. The maximum Gasteiger partial charge on any atom is 0.408 e. The van der Waals surface area contributed by atoms with Gasteiger partial charge in [-0.25, -0.2) is 9.59 Å². The number of carboxylic acids is 1. The van der Waals surface area contributed by atoms with E-state index in [1.165, 1.54) is 0 Å². The van der Waals surface area contributed by atoms with Crippen LogP contribution in [0.1, 0.15) is 47.0 Å². The summed E-state index contributed by atoms with van der Waals surface area (Å²) < 4.78 is 10.6. The number of alkyl carbamates (subject to hydrolysis) is 1. The van der Waals surface area contributed by atoms with Crippen LogP contribution >= 0.6 is 0 Å². The molecule has 1 fully saturated rings. The number of hydrogen-bond acceptors (Lipinski definition) is 4. The molecule has 0 saturated carbocycles. The molecule has 1 saturated heterocycles. The van der Waals surface area contributed by atoms with Crippen LogP contribution in [0.4, 0.5) is 4.79 Å². The van der Waals surface area contributed by atoms with Crippen molar-refractivity contribution in [3.63, 3.8) is 0 Å². The van der Waals surface area contributed by atoms with Crippen molar-refractivity contribution >= 4 is 12.1 Å². The number of hydrogen-bond donors (Lipinski definition) is 2. The average molecular weight is 273 g/mol. The third-order valence-corrected chi connectivity index (χ3v) is 2.81. The van der Waals surface area contributed by atoms with Crippen LogP contribution in [0.25, 0.3) is 0 Å². The first-order chi connectivity index (χ1) is 8.67. The summed E-state index contributed by atoms with van der Waals surface area (Å²) in [7, 11) is 0. The molecule has 0 radical (unpaired) electrons. The Morgan fingerprint density at radius 1 is 1.42 bits per heavy atom. The van der Waals surface area contributed by atoms with Crippen molar-refractivity contribution in [1.82, 2.24) is 5.32 Å². The first-order valence-electron chi connectivity index (χ1n) is 6.55. The fourth-order valence-electron chi connectivity index (χ4n) is 1.99. The number of rotatable bonds is 4. The molecule has 3 unspecified atom stereocenters. The molecule has 3 atom stereocenters. The standard InChI is InChI=1S/C13H23NO5/c1-8-5-6-9(18-8)7-10(11(15)16)14-12(17)19-13(2,3)4/h8-10H,5-7H2,1-4H3,(H,14,17)(H,15,16). The van der Waals surface area contributed by atoms with Gasteiger partial charge in [-0.15, -0.1) is 0 Å². The lowest BCUT2D eigenvalue weighted by atomic mass is 10.1. The molecule has 19 heavy (non-hydrogen) atoms. The van der Waals surface area contributed by atoms with Gasteiger partial charge in [0.1, 0.15) is 11.6 Å². The molecular weight excluding hydrogens is 250 g/mol. The van der Waals surface area contributed by atoms with E-state index in [2.05, 4.69) is 5.32 Å². The number of ether oxygens (including phenoxy) is 2. The van der Waals surface area contributed by atoms with E-state index < -0.39 is 23.7 Å². The maximum atomic E-state index is 11.6. The van der Waals surface area contributed by atoms with Crippen molar-refractivity contribution < 1.29 is 24.2 Å². The van der Waals surface area contributed by atoms with Gasteiger partial charge in [0.05, 0.1) is 12.2 Å². The zero-order valence-corrected chi connectivity index (χ0v) is 11.9. The minimum absolute atomic E-state index is 0.119. The number of aliphatic carboxylic acids is 1. The van der Waals surface area contributed by atoms with Gasteiger partial charge in [0.2, 0.25) is 0 Å². The predicted molar refractivity (Wildman–Crippen MR) is 69.0 cm³/mol. The molecule has 1 aliphatic heterocycles. The Balaban J connectivity index is 2.49. The van der Waals surface area contributed by atoms with Crippen LogP contribution in [0.2, 0.25) is 0 Å². The van der Waals surface area contributed by atoms with E-state index in [1.54, 1.807) is 20.8 Å². The van der Waals surface area contributed by atoms with Gasteiger partial charge in [0.15, 0.2) is 0 Å². The molecular formula is C13H23NO5. The van der Waals surface area contributed by atoms with Crippen LogP contribution in [-0.4, -0.2) is 41.0 Å². The topological polar surface area (TPSA) is 84.9 Å². The lowest BCUT2D eigenvalue weighted by Gasteiger charge is -2.23. The third-order valence-electron chi connectivity index (χ3n) is 2.81. The lowest BCUT2D eigenvalue weighted by Crippen LogP contribution is -2.45. The average Bonchev–Trinajstić information content (AvgIpc) is 2.60. The molecule has 110 valence electrons. The summed E-state index contributed by atoms with van der Waals surface area (Å²) in [6, 6.07) is -0.981. The summed E-state index contributed by atoms with van der Waals surface area (Å²) in [5.41, 5.74) is -0.647. The van der Waals surface area contributed by atoms with Crippen molar-refractivity contribution in [2.75, 3.05) is 0 Å². The zero-order valence-electron chi connectivity index (χ0n) is 11.9.